The predicted molar refractivity (Wildman–Crippen MR) is 64.4 cm³/mol. The predicted octanol–water partition coefficient (Wildman–Crippen LogP) is -12.9. The summed E-state index contributed by atoms with van der Waals surface area (Å²) < 4.78 is 0. The minimum absolute atomic E-state index is 0. The third-order valence-electron chi connectivity index (χ3n) is 0.167. The zero-order chi connectivity index (χ0) is 17.7. The SMILES string of the molecule is CC(=O)[O-].CC(=O)[O-].CC(=O)[O-].CC(=O)[O-].NCCN.O.[Na+].[Na+].[Zn+2]. The smallest absolute Gasteiger partial charge is 0.550 e. The standard InChI is InChI=1S/C2H8N2.4C2H4O2.2Na.H2O.Zn/c3-1-2-4;4*1-2(3)4;;;;/h1-4H2;4*1H3,(H,3,4);;;1H2;/q;;;;;2*+1;;+2/p-4. The van der Waals surface area contributed by atoms with E-state index < -0.39 is 23.9 Å². The molecule has 0 aromatic carbocycles. The number of carbonyl (C=O) groups is 4. The van der Waals surface area contributed by atoms with Gasteiger partial charge in [-0.3, -0.25) is 0 Å². The van der Waals surface area contributed by atoms with Crippen molar-refractivity contribution in [3.05, 3.63) is 0 Å². The number of hydrogen-bond acceptors (Lipinski definition) is 10. The van der Waals surface area contributed by atoms with Crippen LogP contribution in [0.5, 0.6) is 0 Å². The molecule has 0 unspecified atom stereocenters. The first-order chi connectivity index (χ1) is 8.84. The van der Waals surface area contributed by atoms with Crippen LogP contribution in [0.1, 0.15) is 27.7 Å². The number of nitrogens with two attached hydrogens (primary N) is 2. The second-order valence-electron chi connectivity index (χ2n) is 2.54. The van der Waals surface area contributed by atoms with E-state index in [1.807, 2.05) is 0 Å². The van der Waals surface area contributed by atoms with Crippen LogP contribution in [0.4, 0.5) is 0 Å². The van der Waals surface area contributed by atoms with Crippen LogP contribution < -0.4 is 91.0 Å². The molecule has 6 N–H and O–H groups in total. The molecule has 0 saturated carbocycles. The zero-order valence-corrected chi connectivity index (χ0v) is 22.0. The van der Waals surface area contributed by atoms with Crippen LogP contribution in [-0.4, -0.2) is 42.4 Å². The van der Waals surface area contributed by atoms with Gasteiger partial charge in [-0.15, -0.1) is 0 Å². The molecule has 24 heavy (non-hydrogen) atoms. The van der Waals surface area contributed by atoms with Crippen molar-refractivity contribution in [1.82, 2.24) is 0 Å². The molecular weight excluding hydrogens is 403 g/mol. The second-order valence-corrected chi connectivity index (χ2v) is 2.54. The maximum atomic E-state index is 8.89. The first-order valence-electron chi connectivity index (χ1n) is 4.95. The quantitative estimate of drug-likeness (QED) is 0.375. The summed E-state index contributed by atoms with van der Waals surface area (Å²) in [6, 6.07) is 0. The van der Waals surface area contributed by atoms with Crippen LogP contribution in [0.15, 0.2) is 0 Å². The number of carboxylic acid groups (broad SMARTS) is 4. The summed E-state index contributed by atoms with van der Waals surface area (Å²) in [5, 5.41) is 35.6. The van der Waals surface area contributed by atoms with Crippen molar-refractivity contribution in [3.8, 4) is 0 Å². The first kappa shape index (κ1) is 56.3. The Bertz CT molecular complexity index is 207. The molecule has 0 aliphatic heterocycles. The van der Waals surface area contributed by atoms with Gasteiger partial charge in [0.1, 0.15) is 0 Å². The summed E-state index contributed by atoms with van der Waals surface area (Å²) >= 11 is 0. The Hall–Kier alpha value is 0.383. The van der Waals surface area contributed by atoms with Crippen LogP contribution in [0.25, 0.3) is 0 Å². The van der Waals surface area contributed by atoms with E-state index >= 15 is 0 Å². The summed E-state index contributed by atoms with van der Waals surface area (Å²) in [4.78, 5) is 35.6. The summed E-state index contributed by atoms with van der Waals surface area (Å²) in [5.74, 6) is -4.33. The molecule has 11 nitrogen and oxygen atoms in total. The fourth-order valence-electron chi connectivity index (χ4n) is 0. The Labute approximate surface area is 198 Å². The van der Waals surface area contributed by atoms with Crippen LogP contribution in [-0.2, 0) is 38.7 Å². The summed E-state index contributed by atoms with van der Waals surface area (Å²) in [6.45, 7) is 5.08. The molecule has 0 aromatic heterocycles. The summed E-state index contributed by atoms with van der Waals surface area (Å²) in [5.41, 5.74) is 9.81. The Balaban J connectivity index is -0.0000000161. The Morgan fingerprint density at radius 1 is 0.625 bits per heavy atom. The molecule has 0 saturated heterocycles. The van der Waals surface area contributed by atoms with Gasteiger partial charge in [0.2, 0.25) is 0 Å². The molecule has 0 aromatic rings. The molecule has 0 amide bonds. The number of aliphatic carboxylic acids is 4. The minimum atomic E-state index is -1.08. The molecule has 0 atom stereocenters. The van der Waals surface area contributed by atoms with Gasteiger partial charge < -0.3 is 56.5 Å². The van der Waals surface area contributed by atoms with Gasteiger partial charge in [-0.1, -0.05) is 0 Å². The average Bonchev–Trinajstić information content (AvgIpc) is 2.13. The van der Waals surface area contributed by atoms with E-state index in [1.165, 1.54) is 0 Å². The Morgan fingerprint density at radius 2 is 0.667 bits per heavy atom. The molecule has 0 rings (SSSR count). The molecule has 130 valence electrons. The molecular formula is C10H22N2Na2O9Zn. The fourth-order valence-corrected chi connectivity index (χ4v) is 0. The van der Waals surface area contributed by atoms with Crippen molar-refractivity contribution in [2.75, 3.05) is 13.1 Å². The van der Waals surface area contributed by atoms with E-state index in [2.05, 4.69) is 0 Å². The minimum Gasteiger partial charge on any atom is -0.550 e. The molecule has 0 aliphatic rings. The largest absolute Gasteiger partial charge is 2.00 e. The van der Waals surface area contributed by atoms with Crippen molar-refractivity contribution < 1.29 is 124 Å². The van der Waals surface area contributed by atoms with Crippen molar-refractivity contribution in [3.63, 3.8) is 0 Å². The van der Waals surface area contributed by atoms with Gasteiger partial charge in [-0.2, -0.15) is 0 Å². The zero-order valence-electron chi connectivity index (χ0n) is 15.0. The topological polar surface area (TPSA) is 244 Å². The number of carbonyl (C=O) groups excluding carboxylic acids is 4. The molecule has 0 radical (unpaired) electrons. The number of carboxylic acids is 4. The summed E-state index contributed by atoms with van der Waals surface area (Å²) in [6.07, 6.45) is 0. The van der Waals surface area contributed by atoms with Crippen molar-refractivity contribution in [2.24, 2.45) is 11.5 Å². The van der Waals surface area contributed by atoms with Gasteiger partial charge in [-0.25, -0.2) is 0 Å². The molecule has 0 spiro atoms. The van der Waals surface area contributed by atoms with Gasteiger partial charge in [-0.05, 0) is 27.7 Å². The van der Waals surface area contributed by atoms with Crippen molar-refractivity contribution in [1.29, 1.82) is 0 Å². The normalized spacial score (nSPS) is 5.42. The molecule has 14 heteroatoms. The van der Waals surface area contributed by atoms with Crippen LogP contribution in [0.2, 0.25) is 0 Å². The van der Waals surface area contributed by atoms with Gasteiger partial charge in [0.25, 0.3) is 0 Å². The fraction of sp³-hybridized carbons (Fsp3) is 0.600. The third kappa shape index (κ3) is 5350. The molecule has 0 fully saturated rings. The Kier molecular flexibility index (Phi) is 133. The number of hydrogen-bond donors (Lipinski definition) is 2. The Morgan fingerprint density at radius 3 is 0.667 bits per heavy atom. The third-order valence-corrected chi connectivity index (χ3v) is 0.167. The van der Waals surface area contributed by atoms with E-state index in [0.717, 1.165) is 27.7 Å². The van der Waals surface area contributed by atoms with E-state index in [0.29, 0.717) is 13.1 Å². The van der Waals surface area contributed by atoms with Crippen LogP contribution in [0, 0.1) is 0 Å². The summed E-state index contributed by atoms with van der Waals surface area (Å²) in [7, 11) is 0. The molecule has 0 aliphatic carbocycles. The second kappa shape index (κ2) is 56.6. The van der Waals surface area contributed by atoms with Crippen LogP contribution >= 0.6 is 0 Å². The maximum Gasteiger partial charge on any atom is 2.00 e. The van der Waals surface area contributed by atoms with Crippen LogP contribution in [0.3, 0.4) is 0 Å². The van der Waals surface area contributed by atoms with E-state index in [4.69, 9.17) is 51.1 Å². The molecule has 0 heterocycles. The van der Waals surface area contributed by atoms with Gasteiger partial charge in [0.15, 0.2) is 0 Å². The average molecular weight is 426 g/mol. The molecule has 0 bridgehead atoms. The van der Waals surface area contributed by atoms with Crippen molar-refractivity contribution in [2.45, 2.75) is 27.7 Å². The number of rotatable bonds is 1. The van der Waals surface area contributed by atoms with E-state index in [-0.39, 0.29) is 84.1 Å². The van der Waals surface area contributed by atoms with Crippen molar-refractivity contribution >= 4 is 23.9 Å². The van der Waals surface area contributed by atoms with E-state index in [1.54, 1.807) is 0 Å². The maximum absolute atomic E-state index is 8.89. The first-order valence-corrected chi connectivity index (χ1v) is 4.95. The van der Waals surface area contributed by atoms with Gasteiger partial charge in [0, 0.05) is 37.0 Å². The van der Waals surface area contributed by atoms with Gasteiger partial charge in [0.05, 0.1) is 0 Å². The van der Waals surface area contributed by atoms with Gasteiger partial charge >= 0.3 is 78.6 Å². The monoisotopic (exact) mass is 424 g/mol. The van der Waals surface area contributed by atoms with E-state index in [9.17, 15) is 0 Å².